The first-order valence-corrected chi connectivity index (χ1v) is 8.75. The van der Waals surface area contributed by atoms with Gasteiger partial charge in [0.25, 0.3) is 0 Å². The minimum atomic E-state index is 0.140. The van der Waals surface area contributed by atoms with Crippen molar-refractivity contribution in [2.24, 2.45) is 5.73 Å². The van der Waals surface area contributed by atoms with Gasteiger partial charge in [0.15, 0.2) is 5.13 Å². The highest BCUT2D eigenvalue weighted by Gasteiger charge is 2.25. The normalized spacial score (nSPS) is 21.6. The highest BCUT2D eigenvalue weighted by Crippen LogP contribution is 2.40. The average molecular weight is 299 g/mol. The number of rotatable bonds is 1. The number of aromatic nitrogens is 1. The molecular formula is C17H21N3S. The molecule has 1 aromatic heterocycles. The highest BCUT2D eigenvalue weighted by atomic mass is 32.1. The molecular weight excluding hydrogens is 278 g/mol. The lowest BCUT2D eigenvalue weighted by Crippen LogP contribution is -2.19. The van der Waals surface area contributed by atoms with Gasteiger partial charge in [0.2, 0.25) is 0 Å². The van der Waals surface area contributed by atoms with Crippen LogP contribution in [0, 0.1) is 0 Å². The van der Waals surface area contributed by atoms with Gasteiger partial charge >= 0.3 is 0 Å². The van der Waals surface area contributed by atoms with E-state index in [9.17, 15) is 0 Å². The second-order valence-electron chi connectivity index (χ2n) is 6.04. The maximum Gasteiger partial charge on any atom is 0.190 e. The average Bonchev–Trinajstić information content (AvgIpc) is 2.82. The van der Waals surface area contributed by atoms with Crippen molar-refractivity contribution >= 4 is 22.2 Å². The van der Waals surface area contributed by atoms with E-state index < -0.39 is 0 Å². The minimum Gasteiger partial charge on any atom is -0.323 e. The van der Waals surface area contributed by atoms with Crippen LogP contribution in [0.5, 0.6) is 0 Å². The van der Waals surface area contributed by atoms with E-state index in [0.29, 0.717) is 0 Å². The van der Waals surface area contributed by atoms with Crippen molar-refractivity contribution in [2.45, 2.75) is 44.6 Å². The van der Waals surface area contributed by atoms with Gasteiger partial charge in [0.05, 0.1) is 5.69 Å². The van der Waals surface area contributed by atoms with Crippen LogP contribution in [0.25, 0.3) is 0 Å². The number of nitrogens with two attached hydrogens (primary N) is 1. The van der Waals surface area contributed by atoms with Crippen molar-refractivity contribution in [3.8, 4) is 0 Å². The van der Waals surface area contributed by atoms with Gasteiger partial charge in [-0.1, -0.05) is 18.2 Å². The molecule has 3 nitrogen and oxygen atoms in total. The summed E-state index contributed by atoms with van der Waals surface area (Å²) in [7, 11) is 0. The molecule has 0 spiro atoms. The van der Waals surface area contributed by atoms with Gasteiger partial charge < -0.3 is 10.6 Å². The van der Waals surface area contributed by atoms with Crippen molar-refractivity contribution in [3.63, 3.8) is 0 Å². The fourth-order valence-electron chi connectivity index (χ4n) is 3.44. The van der Waals surface area contributed by atoms with Crippen molar-refractivity contribution in [1.29, 1.82) is 0 Å². The van der Waals surface area contributed by atoms with Gasteiger partial charge in [-0.25, -0.2) is 4.98 Å². The summed E-state index contributed by atoms with van der Waals surface area (Å²) in [4.78, 5) is 8.74. The predicted octanol–water partition coefficient (Wildman–Crippen LogP) is 3.95. The molecule has 110 valence electrons. The topological polar surface area (TPSA) is 42.1 Å². The number of aryl methyl sites for hydroxylation is 2. The third-order valence-electron chi connectivity index (χ3n) is 4.58. The molecule has 0 bridgehead atoms. The highest BCUT2D eigenvalue weighted by molar-refractivity contribution is 7.15. The second-order valence-corrected chi connectivity index (χ2v) is 7.10. The first-order valence-electron chi connectivity index (χ1n) is 7.93. The Kier molecular flexibility index (Phi) is 3.43. The first kappa shape index (κ1) is 13.3. The number of hydrogen-bond donors (Lipinski definition) is 1. The Labute approximate surface area is 129 Å². The molecule has 2 heterocycles. The van der Waals surface area contributed by atoms with Gasteiger partial charge in [0, 0.05) is 23.2 Å². The monoisotopic (exact) mass is 299 g/mol. The number of hydrogen-bond acceptors (Lipinski definition) is 4. The summed E-state index contributed by atoms with van der Waals surface area (Å²) in [5, 5.41) is 1.15. The van der Waals surface area contributed by atoms with Crippen molar-refractivity contribution in [3.05, 3.63) is 40.4 Å². The minimum absolute atomic E-state index is 0.140. The Morgan fingerprint density at radius 2 is 2.05 bits per heavy atom. The zero-order valence-corrected chi connectivity index (χ0v) is 13.0. The van der Waals surface area contributed by atoms with E-state index in [0.717, 1.165) is 30.2 Å². The number of fused-ring (bicyclic) bond motifs is 2. The number of thiazole rings is 1. The number of benzene rings is 1. The Morgan fingerprint density at radius 1 is 1.14 bits per heavy atom. The van der Waals surface area contributed by atoms with Crippen molar-refractivity contribution in [1.82, 2.24) is 4.98 Å². The van der Waals surface area contributed by atoms with Crippen LogP contribution in [0.1, 0.15) is 47.9 Å². The van der Waals surface area contributed by atoms with Crippen LogP contribution in [0.3, 0.4) is 0 Å². The number of anilines is 2. The summed E-state index contributed by atoms with van der Waals surface area (Å²) in [6, 6.07) is 8.91. The van der Waals surface area contributed by atoms with Gasteiger partial charge in [-0.15, -0.1) is 11.3 Å². The molecule has 4 heteroatoms. The second kappa shape index (κ2) is 5.43. The number of para-hydroxylation sites is 1. The Morgan fingerprint density at radius 3 is 2.95 bits per heavy atom. The molecule has 0 saturated carbocycles. The fourth-order valence-corrected chi connectivity index (χ4v) is 4.66. The van der Waals surface area contributed by atoms with Crippen LogP contribution in [0.2, 0.25) is 0 Å². The summed E-state index contributed by atoms with van der Waals surface area (Å²) in [6.45, 7) is 1.07. The third-order valence-corrected chi connectivity index (χ3v) is 5.73. The van der Waals surface area contributed by atoms with Crippen molar-refractivity contribution < 1.29 is 0 Å². The fraction of sp³-hybridized carbons (Fsp3) is 0.471. The summed E-state index contributed by atoms with van der Waals surface area (Å²) < 4.78 is 0. The predicted molar refractivity (Wildman–Crippen MR) is 88.4 cm³/mol. The summed E-state index contributed by atoms with van der Waals surface area (Å²) in [6.07, 6.45) is 7.09. The van der Waals surface area contributed by atoms with Crippen LogP contribution in [0.4, 0.5) is 10.8 Å². The molecule has 0 fully saturated rings. The molecule has 4 rings (SSSR count). The molecule has 2 N–H and O–H groups in total. The van der Waals surface area contributed by atoms with E-state index in [1.54, 1.807) is 0 Å². The Hall–Kier alpha value is -1.39. The van der Waals surface area contributed by atoms with Crippen LogP contribution >= 0.6 is 11.3 Å². The molecule has 1 atom stereocenters. The summed E-state index contributed by atoms with van der Waals surface area (Å²) >= 11 is 1.85. The smallest absolute Gasteiger partial charge is 0.190 e. The zero-order valence-electron chi connectivity index (χ0n) is 12.2. The molecule has 2 aliphatic rings. The molecule has 0 saturated heterocycles. The maximum atomic E-state index is 6.24. The summed E-state index contributed by atoms with van der Waals surface area (Å²) in [5.74, 6) is 0. The number of nitrogens with zero attached hydrogens (tertiary/aromatic N) is 2. The van der Waals surface area contributed by atoms with Gasteiger partial charge in [0.1, 0.15) is 0 Å². The van der Waals surface area contributed by atoms with Crippen molar-refractivity contribution in [2.75, 3.05) is 11.4 Å². The molecule has 0 radical (unpaired) electrons. The first-order chi connectivity index (χ1) is 10.3. The van der Waals surface area contributed by atoms with E-state index in [4.69, 9.17) is 10.7 Å². The molecule has 2 aromatic rings. The molecule has 1 aliphatic carbocycles. The Balaban J connectivity index is 1.76. The molecule has 1 aromatic carbocycles. The van der Waals surface area contributed by atoms with E-state index in [1.807, 2.05) is 11.3 Å². The van der Waals surface area contributed by atoms with E-state index in [-0.39, 0.29) is 6.04 Å². The lowest BCUT2D eigenvalue weighted by molar-refractivity contribution is 0.563. The lowest BCUT2D eigenvalue weighted by Gasteiger charge is -2.22. The largest absolute Gasteiger partial charge is 0.323 e. The van der Waals surface area contributed by atoms with Gasteiger partial charge in [-0.3, -0.25) is 0 Å². The standard InChI is InChI=1S/C17H21N3S/c18-13-8-5-10-15-16(13)19-17(21-15)20-11-4-3-7-12-6-1-2-9-14(12)20/h1-2,6,9,13H,3-5,7-8,10-11,18H2. The van der Waals surface area contributed by atoms with E-state index >= 15 is 0 Å². The van der Waals surface area contributed by atoms with Crippen LogP contribution in [-0.4, -0.2) is 11.5 Å². The molecule has 1 unspecified atom stereocenters. The zero-order chi connectivity index (χ0) is 14.2. The van der Waals surface area contributed by atoms with Gasteiger partial charge in [-0.05, 0) is 50.2 Å². The Bertz CT molecular complexity index is 649. The molecule has 0 amide bonds. The van der Waals surface area contributed by atoms with Gasteiger partial charge in [-0.2, -0.15) is 0 Å². The molecule has 21 heavy (non-hydrogen) atoms. The summed E-state index contributed by atoms with van der Waals surface area (Å²) in [5.41, 5.74) is 10.2. The third kappa shape index (κ3) is 2.36. The maximum absolute atomic E-state index is 6.24. The lowest BCUT2D eigenvalue weighted by atomic mass is 9.99. The van der Waals surface area contributed by atoms with Crippen LogP contribution < -0.4 is 10.6 Å². The van der Waals surface area contributed by atoms with Crippen LogP contribution in [-0.2, 0) is 12.8 Å². The van der Waals surface area contributed by atoms with E-state index in [1.165, 1.54) is 41.8 Å². The quantitative estimate of drug-likeness (QED) is 0.867. The molecule has 1 aliphatic heterocycles. The van der Waals surface area contributed by atoms with Crippen LogP contribution in [0.15, 0.2) is 24.3 Å². The van der Waals surface area contributed by atoms with E-state index in [2.05, 4.69) is 29.2 Å². The SMILES string of the molecule is NC1CCCc2sc(N3CCCCc4ccccc43)nc21.